The number of fused-ring (bicyclic) bond motifs is 4. The van der Waals surface area contributed by atoms with Gasteiger partial charge in [0, 0.05) is 51.2 Å². The Morgan fingerprint density at radius 3 is 2.92 bits per heavy atom. The Bertz CT molecular complexity index is 735. The number of hydrogen-bond acceptors (Lipinski definition) is 4. The second-order valence-corrected chi connectivity index (χ2v) is 7.13. The van der Waals surface area contributed by atoms with Crippen molar-refractivity contribution < 1.29 is 4.79 Å². The number of aryl methyl sites for hydroxylation is 2. The van der Waals surface area contributed by atoms with Gasteiger partial charge in [-0.1, -0.05) is 0 Å². The molecule has 7 heteroatoms. The van der Waals surface area contributed by atoms with E-state index in [9.17, 15) is 4.79 Å². The van der Waals surface area contributed by atoms with E-state index in [0.29, 0.717) is 11.5 Å². The third kappa shape index (κ3) is 2.84. The molecule has 2 bridgehead atoms. The van der Waals surface area contributed by atoms with Crippen molar-refractivity contribution >= 4 is 5.91 Å². The van der Waals surface area contributed by atoms with Crippen LogP contribution < -0.4 is 0 Å². The van der Waals surface area contributed by atoms with E-state index in [2.05, 4.69) is 31.8 Å². The van der Waals surface area contributed by atoms with Crippen LogP contribution >= 0.6 is 0 Å². The van der Waals surface area contributed by atoms with Crippen molar-refractivity contribution in [2.24, 2.45) is 13.0 Å². The maximum absolute atomic E-state index is 12.9. The van der Waals surface area contributed by atoms with Crippen molar-refractivity contribution in [1.82, 2.24) is 29.5 Å². The van der Waals surface area contributed by atoms with Gasteiger partial charge in [0.2, 0.25) is 0 Å². The van der Waals surface area contributed by atoms with Crippen molar-refractivity contribution in [2.45, 2.75) is 32.4 Å². The normalized spacial score (nSPS) is 24.3. The molecule has 0 saturated carbocycles. The molecule has 3 saturated heterocycles. The van der Waals surface area contributed by atoms with Gasteiger partial charge in [0.1, 0.15) is 0 Å². The molecule has 2 aromatic heterocycles. The third-order valence-electron chi connectivity index (χ3n) is 5.31. The van der Waals surface area contributed by atoms with Gasteiger partial charge >= 0.3 is 0 Å². The molecule has 3 aliphatic heterocycles. The van der Waals surface area contributed by atoms with E-state index in [1.807, 2.05) is 13.2 Å². The molecule has 128 valence electrons. The van der Waals surface area contributed by atoms with Gasteiger partial charge in [-0.25, -0.2) is 4.98 Å². The zero-order valence-electron chi connectivity index (χ0n) is 14.3. The van der Waals surface area contributed by atoms with Crippen molar-refractivity contribution in [3.63, 3.8) is 0 Å². The average Bonchev–Trinajstić information content (AvgIpc) is 3.06. The number of imidazole rings is 1. The van der Waals surface area contributed by atoms with Crippen LogP contribution in [-0.2, 0) is 13.6 Å². The van der Waals surface area contributed by atoms with E-state index < -0.39 is 0 Å². The Morgan fingerprint density at radius 2 is 2.21 bits per heavy atom. The summed E-state index contributed by atoms with van der Waals surface area (Å²) in [6, 6.07) is 0.288. The molecule has 2 atom stereocenters. The van der Waals surface area contributed by atoms with Gasteiger partial charge < -0.3 is 9.88 Å². The van der Waals surface area contributed by atoms with Crippen LogP contribution in [0.3, 0.4) is 0 Å². The van der Waals surface area contributed by atoms with Gasteiger partial charge in [0.25, 0.3) is 5.91 Å². The maximum Gasteiger partial charge on any atom is 0.257 e. The maximum atomic E-state index is 12.9. The largest absolute Gasteiger partial charge is 0.348 e. The molecule has 5 heterocycles. The summed E-state index contributed by atoms with van der Waals surface area (Å²) >= 11 is 0. The van der Waals surface area contributed by atoms with Crippen LogP contribution in [0.1, 0.15) is 34.6 Å². The average molecular weight is 328 g/mol. The van der Waals surface area contributed by atoms with Gasteiger partial charge in [0.15, 0.2) is 0 Å². The lowest BCUT2D eigenvalue weighted by Gasteiger charge is -2.36. The van der Waals surface area contributed by atoms with Crippen LogP contribution in [-0.4, -0.2) is 61.1 Å². The van der Waals surface area contributed by atoms with Crippen LogP contribution in [0.15, 0.2) is 18.7 Å². The summed E-state index contributed by atoms with van der Waals surface area (Å²) in [7, 11) is 1.85. The fraction of sp³-hybridized carbons (Fsp3) is 0.588. The fourth-order valence-electron chi connectivity index (χ4n) is 4.01. The molecular weight excluding hydrogens is 304 g/mol. The summed E-state index contributed by atoms with van der Waals surface area (Å²) in [6.07, 6.45) is 7.54. The summed E-state index contributed by atoms with van der Waals surface area (Å²) < 4.78 is 1.69. The topological polar surface area (TPSA) is 70.1 Å². The van der Waals surface area contributed by atoms with Crippen LogP contribution in [0.5, 0.6) is 0 Å². The number of amides is 1. The van der Waals surface area contributed by atoms with Crippen molar-refractivity contribution in [2.75, 3.05) is 19.6 Å². The third-order valence-corrected chi connectivity index (χ3v) is 5.31. The van der Waals surface area contributed by atoms with Crippen LogP contribution in [0, 0.1) is 12.8 Å². The summed E-state index contributed by atoms with van der Waals surface area (Å²) in [5.41, 5.74) is 2.94. The quantitative estimate of drug-likeness (QED) is 0.919. The van der Waals surface area contributed by atoms with E-state index in [4.69, 9.17) is 0 Å². The Hall–Kier alpha value is -2.15. The van der Waals surface area contributed by atoms with Crippen LogP contribution in [0.2, 0.25) is 0 Å². The first-order valence-electron chi connectivity index (χ1n) is 8.61. The van der Waals surface area contributed by atoms with Gasteiger partial charge in [-0.3, -0.25) is 14.4 Å². The van der Waals surface area contributed by atoms with E-state index in [0.717, 1.165) is 44.0 Å². The van der Waals surface area contributed by atoms with E-state index >= 15 is 0 Å². The predicted molar refractivity (Wildman–Crippen MR) is 89.4 cm³/mol. The number of aromatic amines is 1. The highest BCUT2D eigenvalue weighted by atomic mass is 16.2. The Balaban J connectivity index is 1.50. The highest BCUT2D eigenvalue weighted by molar-refractivity contribution is 5.94. The molecule has 1 N–H and O–H groups in total. The first kappa shape index (κ1) is 15.4. The first-order chi connectivity index (χ1) is 11.6. The lowest BCUT2D eigenvalue weighted by atomic mass is 9.94. The number of H-pyrrole nitrogens is 1. The number of piperidine rings is 1. The van der Waals surface area contributed by atoms with Gasteiger partial charge in [-0.2, -0.15) is 5.10 Å². The predicted octanol–water partition coefficient (Wildman–Crippen LogP) is 1.19. The summed E-state index contributed by atoms with van der Waals surface area (Å²) in [5.74, 6) is 0.666. The van der Waals surface area contributed by atoms with Crippen molar-refractivity contribution in [3.05, 3.63) is 35.7 Å². The number of nitrogens with one attached hydrogen (secondary N) is 1. The second kappa shape index (κ2) is 6.05. The fourth-order valence-corrected chi connectivity index (χ4v) is 4.01. The van der Waals surface area contributed by atoms with Crippen LogP contribution in [0.25, 0.3) is 0 Å². The number of rotatable bonds is 3. The summed E-state index contributed by atoms with van der Waals surface area (Å²) in [4.78, 5) is 25.0. The van der Waals surface area contributed by atoms with Gasteiger partial charge in [0.05, 0.1) is 23.8 Å². The summed E-state index contributed by atoms with van der Waals surface area (Å²) in [6.45, 7) is 5.74. The van der Waals surface area contributed by atoms with E-state index in [1.54, 1.807) is 17.2 Å². The number of nitrogens with zero attached hydrogens (tertiary/aromatic N) is 5. The second-order valence-electron chi connectivity index (χ2n) is 7.13. The molecule has 3 aliphatic rings. The number of aromatic nitrogens is 4. The zero-order valence-corrected chi connectivity index (χ0v) is 14.3. The monoisotopic (exact) mass is 328 g/mol. The smallest absolute Gasteiger partial charge is 0.257 e. The molecule has 0 spiro atoms. The van der Waals surface area contributed by atoms with Crippen LogP contribution in [0.4, 0.5) is 0 Å². The lowest BCUT2D eigenvalue weighted by Crippen LogP contribution is -2.47. The minimum Gasteiger partial charge on any atom is -0.348 e. The van der Waals surface area contributed by atoms with E-state index in [1.165, 1.54) is 6.42 Å². The minimum atomic E-state index is 0.121. The minimum absolute atomic E-state index is 0.121. The molecule has 5 rings (SSSR count). The molecular formula is C17H24N6O. The zero-order chi connectivity index (χ0) is 16.7. The Morgan fingerprint density at radius 1 is 1.33 bits per heavy atom. The first-order valence-corrected chi connectivity index (χ1v) is 8.61. The SMILES string of the molecule is Cc1[nH]cnc1CN1C[C@@H]2CC[C@H](C1)N(C(=O)c1cnn(C)c1)C2. The van der Waals surface area contributed by atoms with Crippen molar-refractivity contribution in [3.8, 4) is 0 Å². The van der Waals surface area contributed by atoms with Gasteiger partial charge in [-0.05, 0) is 25.7 Å². The molecule has 2 aromatic rings. The molecule has 0 aromatic carbocycles. The molecule has 7 nitrogen and oxygen atoms in total. The van der Waals surface area contributed by atoms with Crippen molar-refractivity contribution in [1.29, 1.82) is 0 Å². The number of carbonyl (C=O) groups excluding carboxylic acids is 1. The molecule has 1 amide bonds. The van der Waals surface area contributed by atoms with Gasteiger partial charge in [-0.15, -0.1) is 0 Å². The Kier molecular flexibility index (Phi) is 3.88. The number of hydrogen-bond donors (Lipinski definition) is 1. The molecule has 0 unspecified atom stereocenters. The highest BCUT2D eigenvalue weighted by Gasteiger charge is 2.37. The molecule has 0 aliphatic carbocycles. The highest BCUT2D eigenvalue weighted by Crippen LogP contribution is 2.30. The standard InChI is InChI=1S/C17H24N6O/c1-12-16(19-11-18-12)10-22-6-13-3-4-15(9-22)23(7-13)17(24)14-5-20-21(2)8-14/h5,8,11,13,15H,3-4,6-7,9-10H2,1-2H3,(H,18,19)/t13-,15+/m0/s1. The number of carbonyl (C=O) groups is 1. The molecule has 3 fully saturated rings. The lowest BCUT2D eigenvalue weighted by molar-refractivity contribution is 0.0584. The summed E-state index contributed by atoms with van der Waals surface area (Å²) in [5, 5.41) is 4.14. The molecule has 24 heavy (non-hydrogen) atoms. The molecule has 0 radical (unpaired) electrons. The van der Waals surface area contributed by atoms with E-state index in [-0.39, 0.29) is 11.9 Å². The Labute approximate surface area is 141 Å².